The number of aromatic nitrogens is 1. The molecule has 0 aliphatic rings. The number of rotatable bonds is 8. The van der Waals surface area contributed by atoms with Gasteiger partial charge in [-0.25, -0.2) is 0 Å². The maximum Gasteiger partial charge on any atom is 0.253 e. The number of pyridine rings is 1. The molecule has 2 N–H and O–H groups in total. The van der Waals surface area contributed by atoms with Crippen molar-refractivity contribution >= 4 is 17.3 Å². The van der Waals surface area contributed by atoms with Crippen molar-refractivity contribution in [3.8, 4) is 17.2 Å². The third-order valence-electron chi connectivity index (χ3n) is 4.32. The zero-order valence-electron chi connectivity index (χ0n) is 16.6. The number of amides is 1. The first kappa shape index (κ1) is 20.0. The highest BCUT2D eigenvalue weighted by Crippen LogP contribution is 2.31. The number of carbonyl (C=O) groups is 1. The van der Waals surface area contributed by atoms with Crippen LogP contribution in [0.25, 0.3) is 0 Å². The lowest BCUT2D eigenvalue weighted by molar-refractivity contribution is 0.0950. The average molecular weight is 393 g/mol. The molecule has 3 aromatic rings. The molecule has 0 aliphatic carbocycles. The summed E-state index contributed by atoms with van der Waals surface area (Å²) in [5.41, 5.74) is 2.74. The fourth-order valence-electron chi connectivity index (χ4n) is 2.82. The SMILES string of the molecule is COc1ccc(Nc2cncc(C(=O)NCc3ccccc3OC)c2)c(OC)c1. The molecule has 1 aromatic heterocycles. The van der Waals surface area contributed by atoms with Crippen LogP contribution in [0.5, 0.6) is 17.2 Å². The van der Waals surface area contributed by atoms with Gasteiger partial charge in [0.1, 0.15) is 17.2 Å². The molecule has 0 fully saturated rings. The van der Waals surface area contributed by atoms with Gasteiger partial charge in [0, 0.05) is 24.4 Å². The molecular formula is C22H23N3O4. The van der Waals surface area contributed by atoms with Gasteiger partial charge in [-0.1, -0.05) is 18.2 Å². The number of benzene rings is 2. The number of nitrogens with one attached hydrogen (secondary N) is 2. The van der Waals surface area contributed by atoms with Crippen molar-refractivity contribution in [2.45, 2.75) is 6.54 Å². The summed E-state index contributed by atoms with van der Waals surface area (Å²) < 4.78 is 15.9. The Labute approximate surface area is 169 Å². The molecule has 7 nitrogen and oxygen atoms in total. The van der Waals surface area contributed by atoms with E-state index < -0.39 is 0 Å². The smallest absolute Gasteiger partial charge is 0.253 e. The van der Waals surface area contributed by atoms with Crippen molar-refractivity contribution < 1.29 is 19.0 Å². The summed E-state index contributed by atoms with van der Waals surface area (Å²) in [6.07, 6.45) is 3.16. The minimum absolute atomic E-state index is 0.228. The minimum Gasteiger partial charge on any atom is -0.497 e. The highest BCUT2D eigenvalue weighted by atomic mass is 16.5. The predicted molar refractivity (Wildman–Crippen MR) is 111 cm³/mol. The highest BCUT2D eigenvalue weighted by molar-refractivity contribution is 5.94. The van der Waals surface area contributed by atoms with E-state index in [1.165, 1.54) is 6.20 Å². The van der Waals surface area contributed by atoms with Gasteiger partial charge in [0.15, 0.2) is 0 Å². The summed E-state index contributed by atoms with van der Waals surface area (Å²) in [5.74, 6) is 1.81. The summed E-state index contributed by atoms with van der Waals surface area (Å²) in [6, 6.07) is 14.7. The minimum atomic E-state index is -0.228. The van der Waals surface area contributed by atoms with Gasteiger partial charge in [-0.15, -0.1) is 0 Å². The highest BCUT2D eigenvalue weighted by Gasteiger charge is 2.10. The van der Waals surface area contributed by atoms with E-state index in [9.17, 15) is 4.79 Å². The van der Waals surface area contributed by atoms with Gasteiger partial charge in [0.05, 0.1) is 44.5 Å². The van der Waals surface area contributed by atoms with Crippen molar-refractivity contribution in [1.29, 1.82) is 0 Å². The van der Waals surface area contributed by atoms with Crippen LogP contribution in [0.3, 0.4) is 0 Å². The molecule has 0 unspecified atom stereocenters. The quantitative estimate of drug-likeness (QED) is 0.606. The van der Waals surface area contributed by atoms with Crippen LogP contribution >= 0.6 is 0 Å². The normalized spacial score (nSPS) is 10.2. The average Bonchev–Trinajstić information content (AvgIpc) is 2.78. The van der Waals surface area contributed by atoms with Gasteiger partial charge in [0.2, 0.25) is 0 Å². The summed E-state index contributed by atoms with van der Waals surface area (Å²) in [6.45, 7) is 0.354. The van der Waals surface area contributed by atoms with Crippen molar-refractivity contribution in [3.63, 3.8) is 0 Å². The van der Waals surface area contributed by atoms with Crippen LogP contribution in [-0.4, -0.2) is 32.2 Å². The Morgan fingerprint density at radius 2 is 1.72 bits per heavy atom. The molecule has 1 heterocycles. The maximum absolute atomic E-state index is 12.6. The molecule has 0 bridgehead atoms. The van der Waals surface area contributed by atoms with Crippen molar-refractivity contribution in [3.05, 3.63) is 72.1 Å². The molecule has 3 rings (SSSR count). The molecular weight excluding hydrogens is 370 g/mol. The summed E-state index contributed by atoms with van der Waals surface area (Å²) >= 11 is 0. The molecule has 0 aliphatic heterocycles. The van der Waals surface area contributed by atoms with Crippen LogP contribution in [0.1, 0.15) is 15.9 Å². The number of methoxy groups -OCH3 is 3. The number of anilines is 2. The lowest BCUT2D eigenvalue weighted by atomic mass is 10.2. The van der Waals surface area contributed by atoms with Gasteiger partial charge >= 0.3 is 0 Å². The maximum atomic E-state index is 12.6. The van der Waals surface area contributed by atoms with Crippen LogP contribution in [0.2, 0.25) is 0 Å². The lowest BCUT2D eigenvalue weighted by Crippen LogP contribution is -2.23. The Hall–Kier alpha value is -3.74. The van der Waals surface area contributed by atoms with E-state index in [1.807, 2.05) is 36.4 Å². The number of hydrogen-bond donors (Lipinski definition) is 2. The number of para-hydroxylation sites is 1. The molecule has 1 amide bonds. The Bertz CT molecular complexity index is 991. The van der Waals surface area contributed by atoms with Gasteiger partial charge in [-0.2, -0.15) is 0 Å². The van der Waals surface area contributed by atoms with Crippen LogP contribution < -0.4 is 24.8 Å². The van der Waals surface area contributed by atoms with Crippen molar-refractivity contribution in [2.75, 3.05) is 26.6 Å². The Morgan fingerprint density at radius 3 is 2.48 bits per heavy atom. The van der Waals surface area contributed by atoms with E-state index >= 15 is 0 Å². The Balaban J connectivity index is 1.71. The number of nitrogens with zero attached hydrogens (tertiary/aromatic N) is 1. The summed E-state index contributed by atoms with van der Waals surface area (Å²) in [5, 5.41) is 6.11. The zero-order valence-corrected chi connectivity index (χ0v) is 16.6. The molecule has 0 radical (unpaired) electrons. The van der Waals surface area contributed by atoms with E-state index in [0.717, 1.165) is 17.0 Å². The van der Waals surface area contributed by atoms with Gasteiger partial charge in [0.25, 0.3) is 5.91 Å². The van der Waals surface area contributed by atoms with E-state index in [2.05, 4.69) is 15.6 Å². The Morgan fingerprint density at radius 1 is 0.931 bits per heavy atom. The Kier molecular flexibility index (Phi) is 6.52. The zero-order chi connectivity index (χ0) is 20.6. The molecule has 0 saturated carbocycles. The van der Waals surface area contributed by atoms with Crippen molar-refractivity contribution in [1.82, 2.24) is 10.3 Å². The second kappa shape index (κ2) is 9.45. The third kappa shape index (κ3) is 4.95. The molecule has 29 heavy (non-hydrogen) atoms. The van der Waals surface area contributed by atoms with E-state index in [0.29, 0.717) is 29.3 Å². The largest absolute Gasteiger partial charge is 0.497 e. The fourth-order valence-corrected chi connectivity index (χ4v) is 2.82. The predicted octanol–water partition coefficient (Wildman–Crippen LogP) is 3.78. The van der Waals surface area contributed by atoms with Gasteiger partial charge < -0.3 is 24.8 Å². The molecule has 2 aromatic carbocycles. The third-order valence-corrected chi connectivity index (χ3v) is 4.32. The number of ether oxygens (including phenoxy) is 3. The molecule has 0 spiro atoms. The molecule has 0 saturated heterocycles. The monoisotopic (exact) mass is 393 g/mol. The lowest BCUT2D eigenvalue weighted by Gasteiger charge is -2.13. The number of hydrogen-bond acceptors (Lipinski definition) is 6. The van der Waals surface area contributed by atoms with E-state index in [4.69, 9.17) is 14.2 Å². The van der Waals surface area contributed by atoms with Crippen LogP contribution in [-0.2, 0) is 6.54 Å². The summed E-state index contributed by atoms with van der Waals surface area (Å²) in [7, 11) is 4.78. The first-order valence-electron chi connectivity index (χ1n) is 8.98. The van der Waals surface area contributed by atoms with Crippen LogP contribution in [0, 0.1) is 0 Å². The summed E-state index contributed by atoms with van der Waals surface area (Å²) in [4.78, 5) is 16.7. The first-order chi connectivity index (χ1) is 14.1. The first-order valence-corrected chi connectivity index (χ1v) is 8.98. The second-order valence-electron chi connectivity index (χ2n) is 6.15. The van der Waals surface area contributed by atoms with Gasteiger partial charge in [-0.3, -0.25) is 9.78 Å². The van der Waals surface area contributed by atoms with E-state index in [1.54, 1.807) is 39.7 Å². The molecule has 0 atom stereocenters. The van der Waals surface area contributed by atoms with Crippen molar-refractivity contribution in [2.24, 2.45) is 0 Å². The van der Waals surface area contributed by atoms with Crippen LogP contribution in [0.15, 0.2) is 60.9 Å². The fraction of sp³-hybridized carbons (Fsp3) is 0.182. The topological polar surface area (TPSA) is 81.7 Å². The molecule has 150 valence electrons. The van der Waals surface area contributed by atoms with E-state index in [-0.39, 0.29) is 5.91 Å². The van der Waals surface area contributed by atoms with Gasteiger partial charge in [-0.05, 0) is 24.3 Å². The number of carbonyl (C=O) groups excluding carboxylic acids is 1. The van der Waals surface area contributed by atoms with Crippen LogP contribution in [0.4, 0.5) is 11.4 Å². The standard InChI is InChI=1S/C22H23N3O4/c1-27-18-8-9-19(21(11-18)29-3)25-17-10-16(12-23-14-17)22(26)24-13-15-6-4-5-7-20(15)28-2/h4-12,14,25H,13H2,1-3H3,(H,24,26). The second-order valence-corrected chi connectivity index (χ2v) is 6.15. The molecule has 7 heteroatoms.